The predicted molar refractivity (Wildman–Crippen MR) is 67.0 cm³/mol. The highest BCUT2D eigenvalue weighted by Crippen LogP contribution is 2.51. The van der Waals surface area contributed by atoms with E-state index in [4.69, 9.17) is 0 Å². The van der Waals surface area contributed by atoms with Gasteiger partial charge in [-0.2, -0.15) is 0 Å². The summed E-state index contributed by atoms with van der Waals surface area (Å²) in [4.78, 5) is 47.4. The molecular weight excluding hydrogens is 248 g/mol. The lowest BCUT2D eigenvalue weighted by molar-refractivity contribution is -0.160. The molecule has 3 atom stereocenters. The SMILES string of the molecule is CC(=O)C(C)(C)C(C)(C(C)=O)C1C(=O)OC(=O)C1C. The molecule has 1 saturated heterocycles. The van der Waals surface area contributed by atoms with Crippen LogP contribution in [0.4, 0.5) is 0 Å². The van der Waals surface area contributed by atoms with E-state index >= 15 is 0 Å². The number of ketones is 2. The zero-order chi connectivity index (χ0) is 15.2. The zero-order valence-electron chi connectivity index (χ0n) is 12.2. The Hall–Kier alpha value is -1.52. The molecule has 106 valence electrons. The average Bonchev–Trinajstić information content (AvgIpc) is 2.51. The number of Topliss-reactive ketones (excluding diaryl/α,β-unsaturated/α-hetero) is 2. The van der Waals surface area contributed by atoms with Crippen molar-refractivity contribution in [1.29, 1.82) is 0 Å². The van der Waals surface area contributed by atoms with Crippen molar-refractivity contribution in [2.24, 2.45) is 22.7 Å². The zero-order valence-corrected chi connectivity index (χ0v) is 12.2. The summed E-state index contributed by atoms with van der Waals surface area (Å²) in [6.07, 6.45) is 0. The average molecular weight is 268 g/mol. The van der Waals surface area contributed by atoms with Gasteiger partial charge >= 0.3 is 11.9 Å². The highest BCUT2D eigenvalue weighted by Gasteiger charge is 2.61. The number of rotatable bonds is 4. The normalized spacial score (nSPS) is 26.8. The van der Waals surface area contributed by atoms with E-state index < -0.39 is 34.6 Å². The van der Waals surface area contributed by atoms with Crippen molar-refractivity contribution in [3.8, 4) is 0 Å². The van der Waals surface area contributed by atoms with Gasteiger partial charge in [0.05, 0.1) is 17.3 Å². The van der Waals surface area contributed by atoms with Crippen LogP contribution in [0, 0.1) is 22.7 Å². The summed E-state index contributed by atoms with van der Waals surface area (Å²) in [5, 5.41) is 0. The van der Waals surface area contributed by atoms with Crippen molar-refractivity contribution in [3.63, 3.8) is 0 Å². The summed E-state index contributed by atoms with van der Waals surface area (Å²) in [5.41, 5.74) is -2.32. The Morgan fingerprint density at radius 2 is 1.47 bits per heavy atom. The summed E-state index contributed by atoms with van der Waals surface area (Å²) in [5.74, 6) is -3.50. The van der Waals surface area contributed by atoms with Gasteiger partial charge in [0.2, 0.25) is 0 Å². The molecule has 0 aliphatic carbocycles. The Morgan fingerprint density at radius 3 is 1.74 bits per heavy atom. The Bertz CT molecular complexity index is 462. The Kier molecular flexibility index (Phi) is 3.72. The molecule has 0 spiro atoms. The van der Waals surface area contributed by atoms with Gasteiger partial charge < -0.3 is 4.74 Å². The summed E-state index contributed by atoms with van der Waals surface area (Å²) < 4.78 is 4.62. The molecule has 0 saturated carbocycles. The second kappa shape index (κ2) is 4.54. The monoisotopic (exact) mass is 268 g/mol. The molecule has 0 amide bonds. The minimum Gasteiger partial charge on any atom is -0.393 e. The first-order valence-electron chi connectivity index (χ1n) is 6.25. The van der Waals surface area contributed by atoms with Crippen LogP contribution in [0.2, 0.25) is 0 Å². The highest BCUT2D eigenvalue weighted by atomic mass is 16.6. The molecule has 5 heteroatoms. The van der Waals surface area contributed by atoms with Crippen LogP contribution < -0.4 is 0 Å². The maximum atomic E-state index is 12.1. The van der Waals surface area contributed by atoms with Crippen molar-refractivity contribution >= 4 is 23.5 Å². The minimum atomic E-state index is -1.26. The van der Waals surface area contributed by atoms with Crippen LogP contribution in [-0.4, -0.2) is 23.5 Å². The van der Waals surface area contributed by atoms with E-state index in [1.807, 2.05) is 0 Å². The fourth-order valence-electron chi connectivity index (χ4n) is 2.74. The summed E-state index contributed by atoms with van der Waals surface area (Å²) >= 11 is 0. The van der Waals surface area contributed by atoms with Gasteiger partial charge in [-0.1, -0.05) is 27.7 Å². The number of carbonyl (C=O) groups excluding carboxylic acids is 4. The highest BCUT2D eigenvalue weighted by molar-refractivity contribution is 6.02. The number of hydrogen-bond acceptors (Lipinski definition) is 5. The molecular formula is C14H20O5. The van der Waals surface area contributed by atoms with Crippen molar-refractivity contribution in [2.75, 3.05) is 0 Å². The van der Waals surface area contributed by atoms with Crippen LogP contribution in [-0.2, 0) is 23.9 Å². The summed E-state index contributed by atoms with van der Waals surface area (Å²) in [6.45, 7) is 9.09. The van der Waals surface area contributed by atoms with E-state index in [0.717, 1.165) is 0 Å². The molecule has 3 unspecified atom stereocenters. The lowest BCUT2D eigenvalue weighted by Crippen LogP contribution is -2.53. The Labute approximate surface area is 112 Å². The summed E-state index contributed by atoms with van der Waals surface area (Å²) in [7, 11) is 0. The second-order valence-corrected chi connectivity index (χ2v) is 5.95. The first-order chi connectivity index (χ1) is 8.47. The third-order valence-corrected chi connectivity index (χ3v) is 4.86. The molecule has 0 aromatic rings. The van der Waals surface area contributed by atoms with E-state index in [1.54, 1.807) is 27.7 Å². The largest absolute Gasteiger partial charge is 0.393 e. The summed E-state index contributed by atoms with van der Waals surface area (Å²) in [6, 6.07) is 0. The molecule has 5 nitrogen and oxygen atoms in total. The van der Waals surface area contributed by atoms with Gasteiger partial charge in [-0.05, 0) is 13.8 Å². The van der Waals surface area contributed by atoms with Gasteiger partial charge in [0.15, 0.2) is 0 Å². The lowest BCUT2D eigenvalue weighted by Gasteiger charge is -2.44. The van der Waals surface area contributed by atoms with Gasteiger partial charge in [-0.3, -0.25) is 19.2 Å². The maximum Gasteiger partial charge on any atom is 0.318 e. The first kappa shape index (κ1) is 15.5. The van der Waals surface area contributed by atoms with E-state index in [0.29, 0.717) is 0 Å². The standard InChI is InChI=1S/C14H20O5/c1-7-10(12(18)19-11(7)17)14(6,9(3)16)13(4,5)8(2)15/h7,10H,1-6H3. The number of ether oxygens (including phenoxy) is 1. The lowest BCUT2D eigenvalue weighted by atomic mass is 9.54. The third kappa shape index (κ3) is 2.01. The molecule has 0 aromatic carbocycles. The second-order valence-electron chi connectivity index (χ2n) is 5.95. The molecule has 19 heavy (non-hydrogen) atoms. The van der Waals surface area contributed by atoms with Gasteiger partial charge in [-0.25, -0.2) is 0 Å². The number of esters is 2. The first-order valence-corrected chi connectivity index (χ1v) is 6.25. The van der Waals surface area contributed by atoms with Crippen molar-refractivity contribution in [2.45, 2.75) is 41.5 Å². The molecule has 0 bridgehead atoms. The Balaban J connectivity index is 3.45. The van der Waals surface area contributed by atoms with Crippen LogP contribution in [0.3, 0.4) is 0 Å². The van der Waals surface area contributed by atoms with Gasteiger partial charge in [0, 0.05) is 5.41 Å². The van der Waals surface area contributed by atoms with Gasteiger partial charge in [0.25, 0.3) is 0 Å². The third-order valence-electron chi connectivity index (χ3n) is 4.86. The topological polar surface area (TPSA) is 77.5 Å². The van der Waals surface area contributed by atoms with Crippen molar-refractivity contribution < 1.29 is 23.9 Å². The van der Waals surface area contributed by atoms with Crippen LogP contribution in [0.25, 0.3) is 0 Å². The van der Waals surface area contributed by atoms with E-state index in [2.05, 4.69) is 4.74 Å². The Morgan fingerprint density at radius 1 is 1.00 bits per heavy atom. The van der Waals surface area contributed by atoms with Crippen molar-refractivity contribution in [1.82, 2.24) is 0 Å². The van der Waals surface area contributed by atoms with E-state index in [-0.39, 0.29) is 11.6 Å². The molecule has 1 fully saturated rings. The molecule has 1 aliphatic heterocycles. The minimum absolute atomic E-state index is 0.204. The van der Waals surface area contributed by atoms with E-state index in [1.165, 1.54) is 13.8 Å². The number of carbonyl (C=O) groups is 4. The van der Waals surface area contributed by atoms with Crippen LogP contribution >= 0.6 is 0 Å². The predicted octanol–water partition coefficient (Wildman–Crippen LogP) is 1.53. The molecule has 0 N–H and O–H groups in total. The fraction of sp³-hybridized carbons (Fsp3) is 0.714. The number of hydrogen-bond donors (Lipinski definition) is 0. The fourth-order valence-corrected chi connectivity index (χ4v) is 2.74. The van der Waals surface area contributed by atoms with Crippen LogP contribution in [0.1, 0.15) is 41.5 Å². The van der Waals surface area contributed by atoms with E-state index in [9.17, 15) is 19.2 Å². The van der Waals surface area contributed by atoms with Crippen LogP contribution in [0.15, 0.2) is 0 Å². The van der Waals surface area contributed by atoms with Crippen molar-refractivity contribution in [3.05, 3.63) is 0 Å². The molecule has 1 heterocycles. The van der Waals surface area contributed by atoms with Gasteiger partial charge in [-0.15, -0.1) is 0 Å². The maximum absolute atomic E-state index is 12.1. The van der Waals surface area contributed by atoms with Crippen LogP contribution in [0.5, 0.6) is 0 Å². The smallest absolute Gasteiger partial charge is 0.318 e. The molecule has 1 aliphatic rings. The molecule has 0 aromatic heterocycles. The molecule has 0 radical (unpaired) electrons. The quantitative estimate of drug-likeness (QED) is 0.571. The number of cyclic esters (lactones) is 2. The molecule has 1 rings (SSSR count). The van der Waals surface area contributed by atoms with Gasteiger partial charge in [0.1, 0.15) is 11.6 Å².